The zero-order valence-corrected chi connectivity index (χ0v) is 19.6. The van der Waals surface area contributed by atoms with E-state index in [9.17, 15) is 19.5 Å². The lowest BCUT2D eigenvalue weighted by atomic mass is 9.57. The van der Waals surface area contributed by atoms with Crippen LogP contribution >= 0.6 is 0 Å². The number of carbonyl (C=O) groups excluding carboxylic acids is 2. The van der Waals surface area contributed by atoms with E-state index in [-0.39, 0.29) is 25.6 Å². The summed E-state index contributed by atoms with van der Waals surface area (Å²) in [5.74, 6) is -3.19. The quantitative estimate of drug-likeness (QED) is 0.398. The minimum atomic E-state index is -2.02. The molecule has 1 N–H and O–H groups in total. The number of methoxy groups -OCH3 is 2. The largest absolute Gasteiger partial charge is 0.497 e. The Labute approximate surface area is 197 Å². The molecule has 4 atom stereocenters. The Hall–Kier alpha value is -3.39. The highest BCUT2D eigenvalue weighted by molar-refractivity contribution is 6.07. The Morgan fingerprint density at radius 3 is 2.44 bits per heavy atom. The fourth-order valence-corrected chi connectivity index (χ4v) is 5.89. The van der Waals surface area contributed by atoms with E-state index in [2.05, 4.69) is 0 Å². The number of esters is 1. The van der Waals surface area contributed by atoms with Gasteiger partial charge in [-0.3, -0.25) is 14.4 Å². The molecule has 34 heavy (non-hydrogen) atoms. The number of fused-ring (bicyclic) bond motifs is 1. The first-order chi connectivity index (χ1) is 16.2. The van der Waals surface area contributed by atoms with Crippen molar-refractivity contribution in [3.8, 4) is 5.75 Å². The SMILES string of the molecule is COC(=O)C1(C(=O)O)CC(C=C(C)C)C2(C(=O)C=CC3=C2COCO3)C1c1ccc(OC)cc1. The van der Waals surface area contributed by atoms with E-state index < -0.39 is 34.6 Å². The van der Waals surface area contributed by atoms with Crippen molar-refractivity contribution in [2.24, 2.45) is 16.7 Å². The number of carbonyl (C=O) groups is 3. The first-order valence-corrected chi connectivity index (χ1v) is 11.0. The normalized spacial score (nSPS) is 29.9. The molecule has 8 heteroatoms. The zero-order chi connectivity index (χ0) is 24.7. The number of carboxylic acids is 1. The van der Waals surface area contributed by atoms with Crippen LogP contribution in [-0.2, 0) is 28.6 Å². The highest BCUT2D eigenvalue weighted by Crippen LogP contribution is 2.68. The molecule has 1 saturated carbocycles. The summed E-state index contributed by atoms with van der Waals surface area (Å²) in [4.78, 5) is 40.3. The predicted octanol–water partition coefficient (Wildman–Crippen LogP) is 3.39. The number of allylic oxidation sites excluding steroid dienone is 4. The van der Waals surface area contributed by atoms with Crippen LogP contribution in [0.3, 0.4) is 0 Å². The minimum Gasteiger partial charge on any atom is -0.497 e. The van der Waals surface area contributed by atoms with Crippen molar-refractivity contribution in [1.82, 2.24) is 0 Å². The molecule has 2 aliphatic carbocycles. The van der Waals surface area contributed by atoms with E-state index in [0.717, 1.165) is 5.57 Å². The molecule has 1 heterocycles. The molecule has 1 spiro atoms. The van der Waals surface area contributed by atoms with Crippen LogP contribution < -0.4 is 4.74 Å². The van der Waals surface area contributed by atoms with Crippen LogP contribution in [0.5, 0.6) is 5.75 Å². The first-order valence-electron chi connectivity index (χ1n) is 11.0. The Bertz CT molecular complexity index is 1110. The number of benzene rings is 1. The van der Waals surface area contributed by atoms with Crippen LogP contribution in [-0.4, -0.2) is 50.4 Å². The van der Waals surface area contributed by atoms with Crippen molar-refractivity contribution in [2.45, 2.75) is 26.2 Å². The number of hydrogen-bond donors (Lipinski definition) is 1. The van der Waals surface area contributed by atoms with E-state index in [1.807, 2.05) is 19.9 Å². The zero-order valence-electron chi connectivity index (χ0n) is 19.6. The van der Waals surface area contributed by atoms with Gasteiger partial charge in [-0.1, -0.05) is 23.8 Å². The highest BCUT2D eigenvalue weighted by Gasteiger charge is 2.73. The monoisotopic (exact) mass is 468 g/mol. The van der Waals surface area contributed by atoms with Crippen LogP contribution in [0.25, 0.3) is 0 Å². The van der Waals surface area contributed by atoms with Gasteiger partial charge in [-0.05, 0) is 56.0 Å². The molecular weight excluding hydrogens is 440 g/mol. The van der Waals surface area contributed by atoms with Crippen molar-refractivity contribution in [1.29, 1.82) is 0 Å². The number of aliphatic carboxylic acids is 1. The van der Waals surface area contributed by atoms with Gasteiger partial charge in [-0.25, -0.2) is 0 Å². The number of ketones is 1. The van der Waals surface area contributed by atoms with E-state index in [4.69, 9.17) is 18.9 Å². The minimum absolute atomic E-state index is 0.0229. The second kappa shape index (κ2) is 8.76. The molecule has 0 amide bonds. The lowest BCUT2D eigenvalue weighted by Crippen LogP contribution is -2.50. The van der Waals surface area contributed by atoms with Crippen LogP contribution in [0.1, 0.15) is 31.7 Å². The van der Waals surface area contributed by atoms with Gasteiger partial charge in [0.05, 0.1) is 26.2 Å². The smallest absolute Gasteiger partial charge is 0.323 e. The summed E-state index contributed by atoms with van der Waals surface area (Å²) in [6, 6.07) is 6.78. The molecule has 4 rings (SSSR count). The lowest BCUT2D eigenvalue weighted by Gasteiger charge is -2.45. The molecule has 1 aromatic carbocycles. The molecule has 1 aromatic rings. The number of rotatable bonds is 5. The number of carboxylic acid groups (broad SMARTS) is 1. The first kappa shape index (κ1) is 23.8. The molecule has 0 radical (unpaired) electrons. The van der Waals surface area contributed by atoms with Gasteiger partial charge >= 0.3 is 11.9 Å². The average Bonchev–Trinajstić information content (AvgIpc) is 3.13. The Morgan fingerprint density at radius 1 is 1.15 bits per heavy atom. The maximum atomic E-state index is 14.0. The predicted molar refractivity (Wildman–Crippen MR) is 121 cm³/mol. The Balaban J connectivity index is 2.11. The second-order valence-electron chi connectivity index (χ2n) is 9.05. The van der Waals surface area contributed by atoms with Crippen molar-refractivity contribution in [3.63, 3.8) is 0 Å². The van der Waals surface area contributed by atoms with E-state index in [0.29, 0.717) is 22.6 Å². The van der Waals surface area contributed by atoms with Crippen molar-refractivity contribution in [3.05, 3.63) is 65.0 Å². The highest BCUT2D eigenvalue weighted by atomic mass is 16.7. The van der Waals surface area contributed by atoms with Crippen LogP contribution in [0.2, 0.25) is 0 Å². The van der Waals surface area contributed by atoms with Crippen LogP contribution in [0.15, 0.2) is 59.4 Å². The van der Waals surface area contributed by atoms with Gasteiger partial charge in [-0.15, -0.1) is 0 Å². The molecular formula is C26H28O8. The van der Waals surface area contributed by atoms with Gasteiger partial charge in [0, 0.05) is 11.5 Å². The van der Waals surface area contributed by atoms with Crippen molar-refractivity contribution >= 4 is 17.7 Å². The number of ether oxygens (including phenoxy) is 4. The third kappa shape index (κ3) is 3.27. The summed E-state index contributed by atoms with van der Waals surface area (Å²) in [7, 11) is 2.69. The van der Waals surface area contributed by atoms with Crippen molar-refractivity contribution < 1.29 is 38.4 Å². The summed E-state index contributed by atoms with van der Waals surface area (Å²) in [6.45, 7) is 3.86. The van der Waals surface area contributed by atoms with E-state index >= 15 is 0 Å². The third-order valence-electron chi connectivity index (χ3n) is 7.12. The molecule has 0 saturated heterocycles. The third-order valence-corrected chi connectivity index (χ3v) is 7.12. The van der Waals surface area contributed by atoms with E-state index in [1.165, 1.54) is 20.3 Å². The van der Waals surface area contributed by atoms with Gasteiger partial charge in [-0.2, -0.15) is 0 Å². The van der Waals surface area contributed by atoms with Gasteiger partial charge in [0.1, 0.15) is 11.5 Å². The van der Waals surface area contributed by atoms with Gasteiger partial charge in [0.15, 0.2) is 18.0 Å². The lowest BCUT2D eigenvalue weighted by molar-refractivity contribution is -0.168. The van der Waals surface area contributed by atoms with Crippen molar-refractivity contribution in [2.75, 3.05) is 27.6 Å². The summed E-state index contributed by atoms with van der Waals surface area (Å²) < 4.78 is 21.7. The standard InChI is InChI=1S/C26H28O8/c1-15(2)11-17-12-25(23(28)29,24(30)32-4)22(16-5-7-18(31-3)8-6-16)26(17)19-13-33-14-34-20(19)9-10-21(26)27/h5-11,17,22H,12-14H2,1-4H3,(H,28,29). The maximum absolute atomic E-state index is 14.0. The van der Waals surface area contributed by atoms with E-state index in [1.54, 1.807) is 30.3 Å². The summed E-state index contributed by atoms with van der Waals surface area (Å²) >= 11 is 0. The molecule has 4 unspecified atom stereocenters. The summed E-state index contributed by atoms with van der Waals surface area (Å²) in [5, 5.41) is 10.6. The average molecular weight is 469 g/mol. The number of hydrogen-bond acceptors (Lipinski definition) is 7. The molecule has 3 aliphatic rings. The molecule has 0 aromatic heterocycles. The second-order valence-corrected chi connectivity index (χ2v) is 9.05. The summed E-state index contributed by atoms with van der Waals surface area (Å²) in [5.41, 5.74) is -1.48. The summed E-state index contributed by atoms with van der Waals surface area (Å²) in [6.07, 6.45) is 4.77. The molecule has 0 bridgehead atoms. The van der Waals surface area contributed by atoms with Crippen LogP contribution in [0.4, 0.5) is 0 Å². The Morgan fingerprint density at radius 2 is 1.85 bits per heavy atom. The fraction of sp³-hybridized carbons (Fsp3) is 0.423. The maximum Gasteiger partial charge on any atom is 0.323 e. The van der Waals surface area contributed by atoms with Gasteiger partial charge in [0.2, 0.25) is 0 Å². The topological polar surface area (TPSA) is 108 Å². The Kier molecular flexibility index (Phi) is 6.12. The molecule has 1 aliphatic heterocycles. The molecule has 1 fully saturated rings. The fourth-order valence-electron chi connectivity index (χ4n) is 5.89. The van der Waals surface area contributed by atoms with Gasteiger partial charge in [0.25, 0.3) is 0 Å². The van der Waals surface area contributed by atoms with Gasteiger partial charge < -0.3 is 24.1 Å². The molecule has 180 valence electrons. The van der Waals surface area contributed by atoms with Crippen LogP contribution in [0, 0.1) is 16.7 Å². The molecule has 8 nitrogen and oxygen atoms in total.